The summed E-state index contributed by atoms with van der Waals surface area (Å²) < 4.78 is 11.4. The van der Waals surface area contributed by atoms with Gasteiger partial charge in [-0.25, -0.2) is 0 Å². The van der Waals surface area contributed by atoms with Crippen molar-refractivity contribution in [2.45, 2.75) is 6.67 Å². The quantitative estimate of drug-likeness (QED) is 0.180. The minimum Gasteiger partial charge on any atom is -0.452 e. The van der Waals surface area contributed by atoms with E-state index >= 15 is 0 Å². The molecule has 2 N–H and O–H groups in total. The van der Waals surface area contributed by atoms with E-state index < -0.39 is 0 Å². The molecule has 5 nitrogen and oxygen atoms in total. The maximum absolute atomic E-state index is 9.32. The van der Waals surface area contributed by atoms with Gasteiger partial charge in [0, 0.05) is 32.8 Å². The van der Waals surface area contributed by atoms with E-state index in [0.29, 0.717) is 18.1 Å². The van der Waals surface area contributed by atoms with Crippen molar-refractivity contribution >= 4 is 76.8 Å². The second-order valence-electron chi connectivity index (χ2n) is 12.5. The van der Waals surface area contributed by atoms with E-state index in [-0.39, 0.29) is 0 Å². The predicted octanol–water partition coefficient (Wildman–Crippen LogP) is 11.3. The van der Waals surface area contributed by atoms with Gasteiger partial charge in [0.1, 0.15) is 11.3 Å². The third-order valence-corrected chi connectivity index (χ3v) is 9.86. The van der Waals surface area contributed by atoms with Crippen LogP contribution in [-0.4, -0.2) is 14.8 Å². The fraction of sp³-hybridized carbons (Fsp3) is 0.0227. The molecule has 0 fully saturated rings. The molecule has 0 bridgehead atoms. The second-order valence-corrected chi connectivity index (χ2v) is 12.5. The van der Waals surface area contributed by atoms with Crippen LogP contribution in [0.1, 0.15) is 11.3 Å². The van der Waals surface area contributed by atoms with Crippen molar-refractivity contribution in [2.75, 3.05) is 5.32 Å². The van der Waals surface area contributed by atoms with Gasteiger partial charge in [-0.05, 0) is 41.1 Å². The molecule has 232 valence electrons. The number of benzene rings is 7. The van der Waals surface area contributed by atoms with Gasteiger partial charge in [-0.2, -0.15) is 0 Å². The van der Waals surface area contributed by atoms with Crippen LogP contribution in [0.3, 0.4) is 0 Å². The molecule has 3 aromatic heterocycles. The molecule has 0 spiro atoms. The van der Waals surface area contributed by atoms with Crippen LogP contribution in [-0.2, 0) is 6.67 Å². The van der Waals surface area contributed by atoms with E-state index in [1.807, 2.05) is 36.4 Å². The molecule has 0 radical (unpaired) electrons. The Hall–Kier alpha value is -6.59. The highest BCUT2D eigenvalue weighted by atomic mass is 16.3. The van der Waals surface area contributed by atoms with E-state index in [2.05, 4.69) is 136 Å². The van der Waals surface area contributed by atoms with Crippen molar-refractivity contribution in [3.63, 3.8) is 0 Å². The molecule has 3 heterocycles. The van der Waals surface area contributed by atoms with E-state index in [0.717, 1.165) is 49.7 Å². The molecular weight excluding hydrogens is 601 g/mol. The molecule has 5 heteroatoms. The summed E-state index contributed by atoms with van der Waals surface area (Å²) in [6.45, 7) is 0.465. The minimum atomic E-state index is 0.345. The first-order valence-electron chi connectivity index (χ1n) is 16.6. The van der Waals surface area contributed by atoms with Gasteiger partial charge in [-0.15, -0.1) is 0 Å². The Kier molecular flexibility index (Phi) is 6.02. The first-order chi connectivity index (χ1) is 24.3. The number of nitrogens with one attached hydrogen (secondary N) is 2. The Morgan fingerprint density at radius 3 is 1.94 bits per heavy atom. The summed E-state index contributed by atoms with van der Waals surface area (Å²) in [5.41, 5.74) is 8.49. The average molecular weight is 631 g/mol. The lowest BCUT2D eigenvalue weighted by atomic mass is 10.0. The lowest BCUT2D eigenvalue weighted by Gasteiger charge is -2.14. The van der Waals surface area contributed by atoms with E-state index in [1.54, 1.807) is 0 Å². The molecule has 0 aliphatic rings. The molecule has 10 rings (SSSR count). The molecule has 0 aliphatic carbocycles. The Bertz CT molecular complexity index is 2890. The normalized spacial score (nSPS) is 11.8. The number of furan rings is 1. The summed E-state index contributed by atoms with van der Waals surface area (Å²) in [5.74, 6) is 0.530. The monoisotopic (exact) mass is 630 g/mol. The Labute approximate surface area is 281 Å². The van der Waals surface area contributed by atoms with E-state index in [4.69, 9.17) is 4.42 Å². The molecule has 7 aromatic carbocycles. The smallest absolute Gasteiger partial charge is 0.176 e. The lowest BCUT2D eigenvalue weighted by Crippen LogP contribution is -2.11. The zero-order valence-electron chi connectivity index (χ0n) is 26.5. The Morgan fingerprint density at radius 1 is 0.551 bits per heavy atom. The number of nitrogens with zero attached hydrogens (tertiary/aromatic N) is 2. The maximum Gasteiger partial charge on any atom is 0.176 e. The van der Waals surface area contributed by atoms with Gasteiger partial charge in [0.25, 0.3) is 0 Å². The van der Waals surface area contributed by atoms with Crippen molar-refractivity contribution in [1.82, 2.24) is 9.13 Å². The van der Waals surface area contributed by atoms with Crippen molar-refractivity contribution < 1.29 is 4.42 Å². The minimum absolute atomic E-state index is 0.345. The van der Waals surface area contributed by atoms with Gasteiger partial charge >= 0.3 is 0 Å². The number of rotatable bonds is 6. The molecule has 0 amide bonds. The van der Waals surface area contributed by atoms with Gasteiger partial charge in [0.15, 0.2) is 5.76 Å². The fourth-order valence-electron chi connectivity index (χ4n) is 7.71. The van der Waals surface area contributed by atoms with Crippen LogP contribution in [0.2, 0.25) is 0 Å². The average Bonchev–Trinajstić information content (AvgIpc) is 3.82. The maximum atomic E-state index is 9.32. The van der Waals surface area contributed by atoms with Gasteiger partial charge in [0.05, 0.1) is 39.8 Å². The van der Waals surface area contributed by atoms with Crippen LogP contribution in [0.5, 0.6) is 0 Å². The third-order valence-electron chi connectivity index (χ3n) is 9.86. The number of hydrogen-bond acceptors (Lipinski definition) is 3. The van der Waals surface area contributed by atoms with Crippen molar-refractivity contribution in [3.8, 4) is 5.69 Å². The molecule has 49 heavy (non-hydrogen) atoms. The van der Waals surface area contributed by atoms with Gasteiger partial charge in [-0.1, -0.05) is 127 Å². The van der Waals surface area contributed by atoms with Crippen LogP contribution < -0.4 is 5.32 Å². The largest absolute Gasteiger partial charge is 0.452 e. The number of fused-ring (bicyclic) bond motifs is 10. The summed E-state index contributed by atoms with van der Waals surface area (Å²) >= 11 is 0. The molecule has 0 unspecified atom stereocenters. The first-order valence-corrected chi connectivity index (χ1v) is 16.6. The van der Waals surface area contributed by atoms with Crippen LogP contribution in [0.25, 0.3) is 71.0 Å². The highest BCUT2D eigenvalue weighted by Gasteiger charge is 2.23. The molecule has 0 atom stereocenters. The molecule has 0 saturated heterocycles. The molecule has 0 saturated carbocycles. The van der Waals surface area contributed by atoms with Crippen molar-refractivity contribution in [2.24, 2.45) is 0 Å². The van der Waals surface area contributed by atoms with E-state index in [9.17, 15) is 5.41 Å². The van der Waals surface area contributed by atoms with Crippen molar-refractivity contribution in [1.29, 1.82) is 5.41 Å². The van der Waals surface area contributed by atoms with Crippen molar-refractivity contribution in [3.05, 3.63) is 169 Å². The molecular formula is C44H30N4O. The van der Waals surface area contributed by atoms with Gasteiger partial charge in [-0.3, -0.25) is 5.41 Å². The highest BCUT2D eigenvalue weighted by Crippen LogP contribution is 2.42. The number of anilines is 1. The van der Waals surface area contributed by atoms with Crippen LogP contribution in [0.15, 0.2) is 162 Å². The number of hydrogen-bond donors (Lipinski definition) is 2. The summed E-state index contributed by atoms with van der Waals surface area (Å²) in [5, 5.41) is 21.2. The fourth-order valence-corrected chi connectivity index (χ4v) is 7.71. The topological polar surface area (TPSA) is 58.9 Å². The summed E-state index contributed by atoms with van der Waals surface area (Å²) in [4.78, 5) is 0. The predicted molar refractivity (Wildman–Crippen MR) is 203 cm³/mol. The van der Waals surface area contributed by atoms with Crippen LogP contribution >= 0.6 is 0 Å². The third kappa shape index (κ3) is 4.09. The Balaban J connectivity index is 1.25. The summed E-state index contributed by atoms with van der Waals surface area (Å²) in [7, 11) is 0. The second kappa shape index (κ2) is 10.7. The standard InChI is InChI=1S/C44H30N4O/c45-40(29-14-3-1-4-15-29)44-41(39-31-18-8-7-13-28(31)23-26-38(39)49-44)46-27-47-36-21-11-9-19-32(36)34-24-25-35-33-20-10-12-22-37(33)48(43(35)42(34)47)30-16-5-2-6-17-30/h1-26,45-46H,27H2. The van der Waals surface area contributed by atoms with Crippen LogP contribution in [0, 0.1) is 5.41 Å². The van der Waals surface area contributed by atoms with E-state index in [1.165, 1.54) is 32.6 Å². The zero-order chi connectivity index (χ0) is 32.5. The lowest BCUT2D eigenvalue weighted by molar-refractivity contribution is 0.605. The summed E-state index contributed by atoms with van der Waals surface area (Å²) in [6.07, 6.45) is 0. The van der Waals surface area contributed by atoms with Gasteiger partial charge < -0.3 is 18.9 Å². The summed E-state index contributed by atoms with van der Waals surface area (Å²) in [6, 6.07) is 54.8. The molecule has 0 aliphatic heterocycles. The van der Waals surface area contributed by atoms with Gasteiger partial charge in [0.2, 0.25) is 0 Å². The van der Waals surface area contributed by atoms with Crippen LogP contribution in [0.4, 0.5) is 5.69 Å². The number of aromatic nitrogens is 2. The number of para-hydroxylation sites is 3. The SMILES string of the molecule is N=C(c1ccccc1)c1oc2ccc3ccccc3c2c1NCn1c2ccccc2c2ccc3c4ccccc4n(-c4ccccc4)c3c21. The zero-order valence-corrected chi connectivity index (χ0v) is 26.5. The highest BCUT2D eigenvalue weighted by molar-refractivity contribution is 6.24. The Morgan fingerprint density at radius 2 is 1.16 bits per heavy atom. The first kappa shape index (κ1) is 27.5. The molecule has 10 aromatic rings.